The Bertz CT molecular complexity index is 466. The zero-order valence-corrected chi connectivity index (χ0v) is 10.8. The van der Waals surface area contributed by atoms with E-state index in [0.717, 1.165) is 5.56 Å². The van der Waals surface area contributed by atoms with Crippen molar-refractivity contribution in [2.24, 2.45) is 0 Å². The summed E-state index contributed by atoms with van der Waals surface area (Å²) in [6, 6.07) is 5.02. The molecule has 104 valence electrons. The summed E-state index contributed by atoms with van der Waals surface area (Å²) in [6.07, 6.45) is 0. The van der Waals surface area contributed by atoms with Crippen molar-refractivity contribution in [2.45, 2.75) is 19.8 Å². The van der Waals surface area contributed by atoms with Crippen molar-refractivity contribution in [2.75, 3.05) is 13.2 Å². The van der Waals surface area contributed by atoms with E-state index < -0.39 is 25.2 Å². The number of benzene rings is 1. The van der Waals surface area contributed by atoms with Gasteiger partial charge in [0.15, 0.2) is 24.7 Å². The number of carboxylic acid groups (broad SMARTS) is 2. The highest BCUT2D eigenvalue weighted by Gasteiger charge is 2.11. The Morgan fingerprint density at radius 2 is 1.58 bits per heavy atom. The number of aliphatic carboxylic acids is 2. The van der Waals surface area contributed by atoms with Crippen LogP contribution < -0.4 is 9.47 Å². The first-order valence-electron chi connectivity index (χ1n) is 5.73. The largest absolute Gasteiger partial charge is 0.479 e. The van der Waals surface area contributed by atoms with Crippen molar-refractivity contribution >= 4 is 11.9 Å². The first-order chi connectivity index (χ1) is 8.90. The molecule has 0 spiro atoms. The maximum atomic E-state index is 10.5. The molecule has 19 heavy (non-hydrogen) atoms. The summed E-state index contributed by atoms with van der Waals surface area (Å²) in [6.45, 7) is 2.94. The van der Waals surface area contributed by atoms with Crippen molar-refractivity contribution in [3.05, 3.63) is 23.8 Å². The smallest absolute Gasteiger partial charge is 0.341 e. The van der Waals surface area contributed by atoms with Crippen LogP contribution in [0.2, 0.25) is 0 Å². The average molecular weight is 268 g/mol. The highest BCUT2D eigenvalue weighted by Crippen LogP contribution is 2.31. The van der Waals surface area contributed by atoms with Crippen LogP contribution in [0.15, 0.2) is 18.2 Å². The van der Waals surface area contributed by atoms with Gasteiger partial charge in [-0.25, -0.2) is 9.59 Å². The number of rotatable bonds is 7. The van der Waals surface area contributed by atoms with Gasteiger partial charge in [-0.3, -0.25) is 0 Å². The van der Waals surface area contributed by atoms with Crippen molar-refractivity contribution in [1.82, 2.24) is 0 Å². The van der Waals surface area contributed by atoms with Gasteiger partial charge in [-0.15, -0.1) is 0 Å². The van der Waals surface area contributed by atoms with E-state index in [4.69, 9.17) is 19.7 Å². The van der Waals surface area contributed by atoms with E-state index in [2.05, 4.69) is 0 Å². The molecular formula is C13H16O6. The Kier molecular flexibility index (Phi) is 5.17. The van der Waals surface area contributed by atoms with Crippen molar-refractivity contribution in [3.8, 4) is 11.5 Å². The van der Waals surface area contributed by atoms with E-state index in [1.807, 2.05) is 13.8 Å². The van der Waals surface area contributed by atoms with Gasteiger partial charge in [0.05, 0.1) is 0 Å². The Hall–Kier alpha value is -2.24. The highest BCUT2D eigenvalue weighted by atomic mass is 16.5. The molecule has 0 aliphatic carbocycles. The van der Waals surface area contributed by atoms with Crippen LogP contribution in [0.25, 0.3) is 0 Å². The number of ether oxygens (including phenoxy) is 2. The maximum absolute atomic E-state index is 10.5. The monoisotopic (exact) mass is 268 g/mol. The highest BCUT2D eigenvalue weighted by molar-refractivity contribution is 5.69. The lowest BCUT2D eigenvalue weighted by Crippen LogP contribution is -2.13. The summed E-state index contributed by atoms with van der Waals surface area (Å²) in [5, 5.41) is 17.2. The number of carbonyl (C=O) groups is 2. The zero-order chi connectivity index (χ0) is 14.4. The molecule has 0 saturated carbocycles. The minimum absolute atomic E-state index is 0.216. The molecule has 0 amide bonds. The molecule has 1 aromatic rings. The van der Waals surface area contributed by atoms with Crippen molar-refractivity contribution in [1.29, 1.82) is 0 Å². The van der Waals surface area contributed by atoms with E-state index in [1.54, 1.807) is 18.2 Å². The SMILES string of the molecule is CC(C)c1ccc(OCC(=O)O)c(OCC(=O)O)c1. The van der Waals surface area contributed by atoms with Gasteiger partial charge >= 0.3 is 11.9 Å². The van der Waals surface area contributed by atoms with E-state index >= 15 is 0 Å². The van der Waals surface area contributed by atoms with E-state index in [9.17, 15) is 9.59 Å². The van der Waals surface area contributed by atoms with E-state index in [1.165, 1.54) is 0 Å². The van der Waals surface area contributed by atoms with Crippen LogP contribution in [-0.4, -0.2) is 35.4 Å². The molecule has 6 nitrogen and oxygen atoms in total. The lowest BCUT2D eigenvalue weighted by molar-refractivity contribution is -0.140. The number of carboxylic acids is 2. The van der Waals surface area contributed by atoms with E-state index in [0.29, 0.717) is 0 Å². The van der Waals surface area contributed by atoms with Gasteiger partial charge in [0.1, 0.15) is 0 Å². The Balaban J connectivity index is 2.93. The Labute approximate surface area is 110 Å². The minimum Gasteiger partial charge on any atom is -0.479 e. The molecule has 0 bridgehead atoms. The topological polar surface area (TPSA) is 93.1 Å². The third-order valence-electron chi connectivity index (χ3n) is 2.34. The van der Waals surface area contributed by atoms with Crippen LogP contribution in [0.1, 0.15) is 25.3 Å². The van der Waals surface area contributed by atoms with Gasteiger partial charge in [-0.1, -0.05) is 19.9 Å². The molecule has 6 heteroatoms. The lowest BCUT2D eigenvalue weighted by Gasteiger charge is -2.13. The summed E-state index contributed by atoms with van der Waals surface area (Å²) in [5.74, 6) is -1.54. The third-order valence-corrected chi connectivity index (χ3v) is 2.34. The normalized spacial score (nSPS) is 10.3. The number of hydrogen-bond donors (Lipinski definition) is 2. The lowest BCUT2D eigenvalue weighted by atomic mass is 10.0. The van der Waals surface area contributed by atoms with Crippen molar-refractivity contribution < 1.29 is 29.3 Å². The number of hydrogen-bond acceptors (Lipinski definition) is 4. The Morgan fingerprint density at radius 3 is 2.05 bits per heavy atom. The van der Waals surface area contributed by atoms with Crippen LogP contribution in [0, 0.1) is 0 Å². The molecular weight excluding hydrogens is 252 g/mol. The van der Waals surface area contributed by atoms with Gasteiger partial charge in [-0.2, -0.15) is 0 Å². The van der Waals surface area contributed by atoms with Gasteiger partial charge in [0.25, 0.3) is 0 Å². The molecule has 0 aliphatic heterocycles. The molecule has 0 unspecified atom stereocenters. The first kappa shape index (κ1) is 14.8. The molecule has 2 N–H and O–H groups in total. The quantitative estimate of drug-likeness (QED) is 0.782. The Morgan fingerprint density at radius 1 is 1.05 bits per heavy atom. The third kappa shape index (κ3) is 4.87. The van der Waals surface area contributed by atoms with Crippen LogP contribution in [0.5, 0.6) is 11.5 Å². The fourth-order valence-corrected chi connectivity index (χ4v) is 1.39. The van der Waals surface area contributed by atoms with Crippen molar-refractivity contribution in [3.63, 3.8) is 0 Å². The van der Waals surface area contributed by atoms with Crippen LogP contribution >= 0.6 is 0 Å². The predicted molar refractivity (Wildman–Crippen MR) is 66.8 cm³/mol. The predicted octanol–water partition coefficient (Wildman–Crippen LogP) is 1.74. The summed E-state index contributed by atoms with van der Waals surface area (Å²) in [7, 11) is 0. The van der Waals surface area contributed by atoms with Gasteiger partial charge < -0.3 is 19.7 Å². The molecule has 1 rings (SSSR count). The fraction of sp³-hybridized carbons (Fsp3) is 0.385. The standard InChI is InChI=1S/C13H16O6/c1-8(2)9-3-4-10(18-6-12(14)15)11(5-9)19-7-13(16)17/h3-5,8H,6-7H2,1-2H3,(H,14,15)(H,16,17). The summed E-state index contributed by atoms with van der Waals surface area (Å²) in [5.41, 5.74) is 0.947. The summed E-state index contributed by atoms with van der Waals surface area (Å²) < 4.78 is 10.2. The molecule has 0 heterocycles. The van der Waals surface area contributed by atoms with Gasteiger partial charge in [-0.05, 0) is 23.6 Å². The molecule has 0 radical (unpaired) electrons. The molecule has 0 atom stereocenters. The zero-order valence-electron chi connectivity index (χ0n) is 10.8. The molecule has 0 fully saturated rings. The second-order valence-corrected chi connectivity index (χ2v) is 4.23. The van der Waals surface area contributed by atoms with Crippen LogP contribution in [-0.2, 0) is 9.59 Å². The summed E-state index contributed by atoms with van der Waals surface area (Å²) in [4.78, 5) is 21.0. The molecule has 0 saturated heterocycles. The van der Waals surface area contributed by atoms with Crippen LogP contribution in [0.3, 0.4) is 0 Å². The summed E-state index contributed by atoms with van der Waals surface area (Å²) >= 11 is 0. The second-order valence-electron chi connectivity index (χ2n) is 4.23. The molecule has 1 aromatic carbocycles. The van der Waals surface area contributed by atoms with Gasteiger partial charge in [0, 0.05) is 0 Å². The first-order valence-corrected chi connectivity index (χ1v) is 5.73. The molecule has 0 aliphatic rings. The minimum atomic E-state index is -1.11. The maximum Gasteiger partial charge on any atom is 0.341 e. The average Bonchev–Trinajstić information content (AvgIpc) is 2.33. The van der Waals surface area contributed by atoms with E-state index in [-0.39, 0.29) is 17.4 Å². The van der Waals surface area contributed by atoms with Crippen LogP contribution in [0.4, 0.5) is 0 Å². The molecule has 0 aromatic heterocycles. The second kappa shape index (κ2) is 6.63. The fourth-order valence-electron chi connectivity index (χ4n) is 1.39. The van der Waals surface area contributed by atoms with Gasteiger partial charge in [0.2, 0.25) is 0 Å².